The van der Waals surface area contributed by atoms with Crippen LogP contribution in [0.2, 0.25) is 0 Å². The molecule has 0 aliphatic heterocycles. The van der Waals surface area contributed by atoms with Crippen molar-refractivity contribution in [1.82, 2.24) is 0 Å². The fourth-order valence-corrected chi connectivity index (χ4v) is 1.54. The molecular formula is C14H17F2N. The summed E-state index contributed by atoms with van der Waals surface area (Å²) in [5.74, 6) is -0.541. The summed E-state index contributed by atoms with van der Waals surface area (Å²) < 4.78 is 26.2. The van der Waals surface area contributed by atoms with Gasteiger partial charge in [-0.2, -0.15) is 0 Å². The molecule has 0 aromatic heterocycles. The van der Waals surface area contributed by atoms with Crippen molar-refractivity contribution in [2.24, 2.45) is 4.99 Å². The molecular weight excluding hydrogens is 220 g/mol. The second-order valence-electron chi connectivity index (χ2n) is 3.93. The van der Waals surface area contributed by atoms with E-state index in [4.69, 9.17) is 0 Å². The third-order valence-electron chi connectivity index (χ3n) is 2.52. The summed E-state index contributed by atoms with van der Waals surface area (Å²) in [6.07, 6.45) is 2.02. The standard InChI is InChI=1S/C14H17F2N/c1-4-12(8-11(3)15)17-9-13-10(2)6-5-7-14(13)16/h5-8H,4,9H2,1-3H3/b11-8+,17-12?. The molecule has 0 fully saturated rings. The molecule has 0 atom stereocenters. The van der Waals surface area contributed by atoms with Gasteiger partial charge in [-0.05, 0) is 38.0 Å². The molecule has 0 heterocycles. The Morgan fingerprint density at radius 2 is 2.12 bits per heavy atom. The topological polar surface area (TPSA) is 12.4 Å². The van der Waals surface area contributed by atoms with E-state index in [9.17, 15) is 8.78 Å². The van der Waals surface area contributed by atoms with Crippen LogP contribution < -0.4 is 0 Å². The van der Waals surface area contributed by atoms with Gasteiger partial charge in [0, 0.05) is 11.3 Å². The van der Waals surface area contributed by atoms with Crippen molar-refractivity contribution < 1.29 is 8.78 Å². The molecule has 1 rings (SSSR count). The first-order valence-corrected chi connectivity index (χ1v) is 5.65. The predicted octanol–water partition coefficient (Wildman–Crippen LogP) is 4.36. The molecule has 0 spiro atoms. The van der Waals surface area contributed by atoms with Crippen molar-refractivity contribution in [3.8, 4) is 0 Å². The van der Waals surface area contributed by atoms with E-state index in [2.05, 4.69) is 4.99 Å². The maximum absolute atomic E-state index is 13.5. The molecule has 0 unspecified atom stereocenters. The van der Waals surface area contributed by atoms with Crippen LogP contribution in [0.1, 0.15) is 31.4 Å². The van der Waals surface area contributed by atoms with Crippen LogP contribution >= 0.6 is 0 Å². The minimum Gasteiger partial charge on any atom is -0.285 e. The van der Waals surface area contributed by atoms with E-state index in [1.54, 1.807) is 6.07 Å². The average Bonchev–Trinajstić information content (AvgIpc) is 2.26. The smallest absolute Gasteiger partial charge is 0.128 e. The Bertz CT molecular complexity index is 423. The van der Waals surface area contributed by atoms with Crippen LogP contribution in [-0.2, 0) is 6.54 Å². The third kappa shape index (κ3) is 4.10. The Balaban J connectivity index is 2.91. The molecule has 0 N–H and O–H groups in total. The maximum atomic E-state index is 13.5. The van der Waals surface area contributed by atoms with Gasteiger partial charge in [0.25, 0.3) is 0 Å². The number of halogens is 2. The zero-order chi connectivity index (χ0) is 12.8. The van der Waals surface area contributed by atoms with Crippen LogP contribution in [0.15, 0.2) is 35.1 Å². The molecule has 0 radical (unpaired) electrons. The molecule has 17 heavy (non-hydrogen) atoms. The Labute approximate surface area is 101 Å². The largest absolute Gasteiger partial charge is 0.285 e. The number of aryl methyl sites for hydroxylation is 1. The van der Waals surface area contributed by atoms with Gasteiger partial charge in [-0.1, -0.05) is 19.1 Å². The number of hydrogen-bond donors (Lipinski definition) is 0. The first-order chi connectivity index (χ1) is 8.04. The molecule has 3 heteroatoms. The molecule has 92 valence electrons. The van der Waals surface area contributed by atoms with Crippen molar-refractivity contribution in [3.05, 3.63) is 47.0 Å². The Morgan fingerprint density at radius 1 is 1.41 bits per heavy atom. The lowest BCUT2D eigenvalue weighted by molar-refractivity contribution is 0.609. The summed E-state index contributed by atoms with van der Waals surface area (Å²) >= 11 is 0. The van der Waals surface area contributed by atoms with Crippen LogP contribution in [-0.4, -0.2) is 5.71 Å². The molecule has 0 amide bonds. The van der Waals surface area contributed by atoms with Gasteiger partial charge in [-0.3, -0.25) is 4.99 Å². The minimum atomic E-state index is -0.282. The summed E-state index contributed by atoms with van der Waals surface area (Å²) in [4.78, 5) is 4.23. The van der Waals surface area contributed by atoms with Gasteiger partial charge in [0.1, 0.15) is 5.82 Å². The molecule has 0 aliphatic rings. The first-order valence-electron chi connectivity index (χ1n) is 5.65. The molecule has 0 aliphatic carbocycles. The number of benzene rings is 1. The Hall–Kier alpha value is -1.51. The second kappa shape index (κ2) is 6.28. The summed E-state index contributed by atoms with van der Waals surface area (Å²) in [5.41, 5.74) is 2.08. The highest BCUT2D eigenvalue weighted by molar-refractivity contribution is 5.94. The molecule has 1 aromatic rings. The summed E-state index contributed by atoms with van der Waals surface area (Å²) in [5, 5.41) is 0. The molecule has 1 aromatic carbocycles. The lowest BCUT2D eigenvalue weighted by Crippen LogP contribution is -1.97. The number of allylic oxidation sites excluding steroid dienone is 2. The molecule has 0 saturated heterocycles. The van der Waals surface area contributed by atoms with E-state index in [-0.39, 0.29) is 18.2 Å². The van der Waals surface area contributed by atoms with E-state index in [0.717, 1.165) is 5.56 Å². The summed E-state index contributed by atoms with van der Waals surface area (Å²) in [7, 11) is 0. The monoisotopic (exact) mass is 237 g/mol. The van der Waals surface area contributed by atoms with Gasteiger partial charge in [-0.15, -0.1) is 0 Å². The van der Waals surface area contributed by atoms with Crippen molar-refractivity contribution >= 4 is 5.71 Å². The van der Waals surface area contributed by atoms with Gasteiger partial charge in [-0.25, -0.2) is 8.78 Å². The van der Waals surface area contributed by atoms with Gasteiger partial charge < -0.3 is 0 Å². The highest BCUT2D eigenvalue weighted by Crippen LogP contribution is 2.14. The Kier molecular flexibility index (Phi) is 5.01. The SMILES string of the molecule is CCC(/C=C(\C)F)=NCc1c(C)cccc1F. The van der Waals surface area contributed by atoms with E-state index in [1.807, 2.05) is 19.9 Å². The average molecular weight is 237 g/mol. The zero-order valence-corrected chi connectivity index (χ0v) is 10.4. The maximum Gasteiger partial charge on any atom is 0.128 e. The van der Waals surface area contributed by atoms with E-state index in [0.29, 0.717) is 17.7 Å². The lowest BCUT2D eigenvalue weighted by Gasteiger charge is -2.05. The lowest BCUT2D eigenvalue weighted by atomic mass is 10.1. The van der Waals surface area contributed by atoms with Crippen LogP contribution in [0.3, 0.4) is 0 Å². The van der Waals surface area contributed by atoms with Crippen molar-refractivity contribution in [1.29, 1.82) is 0 Å². The highest BCUT2D eigenvalue weighted by Gasteiger charge is 2.04. The second-order valence-corrected chi connectivity index (χ2v) is 3.93. The summed E-state index contributed by atoms with van der Waals surface area (Å²) in [6.45, 7) is 5.37. The number of hydrogen-bond acceptors (Lipinski definition) is 1. The van der Waals surface area contributed by atoms with Crippen molar-refractivity contribution in [2.75, 3.05) is 0 Å². The zero-order valence-electron chi connectivity index (χ0n) is 10.4. The Morgan fingerprint density at radius 3 is 2.65 bits per heavy atom. The molecule has 0 saturated carbocycles. The molecule has 1 nitrogen and oxygen atoms in total. The van der Waals surface area contributed by atoms with Gasteiger partial charge in [0.05, 0.1) is 12.4 Å². The fraction of sp³-hybridized carbons (Fsp3) is 0.357. The third-order valence-corrected chi connectivity index (χ3v) is 2.52. The number of rotatable bonds is 4. The van der Waals surface area contributed by atoms with Gasteiger partial charge in [0.2, 0.25) is 0 Å². The van der Waals surface area contributed by atoms with Crippen molar-refractivity contribution in [3.63, 3.8) is 0 Å². The van der Waals surface area contributed by atoms with Gasteiger partial charge in [0.15, 0.2) is 0 Å². The van der Waals surface area contributed by atoms with Crippen LogP contribution in [0.5, 0.6) is 0 Å². The minimum absolute atomic E-state index is 0.255. The van der Waals surface area contributed by atoms with Crippen LogP contribution in [0.4, 0.5) is 8.78 Å². The van der Waals surface area contributed by atoms with Crippen LogP contribution in [0.25, 0.3) is 0 Å². The van der Waals surface area contributed by atoms with E-state index >= 15 is 0 Å². The van der Waals surface area contributed by atoms with Gasteiger partial charge >= 0.3 is 0 Å². The van der Waals surface area contributed by atoms with E-state index < -0.39 is 0 Å². The van der Waals surface area contributed by atoms with E-state index in [1.165, 1.54) is 19.1 Å². The number of aliphatic imine (C=N–C) groups is 1. The fourth-order valence-electron chi connectivity index (χ4n) is 1.54. The van der Waals surface area contributed by atoms with Crippen molar-refractivity contribution in [2.45, 2.75) is 33.7 Å². The molecule has 0 bridgehead atoms. The van der Waals surface area contributed by atoms with Crippen LogP contribution in [0, 0.1) is 12.7 Å². The quantitative estimate of drug-likeness (QED) is 0.690. The normalized spacial score (nSPS) is 13.0. The number of nitrogens with zero attached hydrogens (tertiary/aromatic N) is 1. The highest BCUT2D eigenvalue weighted by atomic mass is 19.1. The summed E-state index contributed by atoms with van der Waals surface area (Å²) in [6, 6.07) is 4.93. The first kappa shape index (κ1) is 13.6. The predicted molar refractivity (Wildman–Crippen MR) is 67.4 cm³/mol.